The molecule has 10 N–H and O–H groups in total. The Kier molecular flexibility index (Phi) is 11.3. The van der Waals surface area contributed by atoms with E-state index in [-0.39, 0.29) is 19.3 Å². The number of amides is 3. The monoisotopic (exact) mass is 599 g/mol. The van der Waals surface area contributed by atoms with Gasteiger partial charge in [0.1, 0.15) is 18.1 Å². The minimum atomic E-state index is -1.56. The van der Waals surface area contributed by atoms with Crippen LogP contribution < -0.4 is 21.7 Å². The van der Waals surface area contributed by atoms with Crippen molar-refractivity contribution in [3.8, 4) is 0 Å². The fourth-order valence-electron chi connectivity index (χ4n) is 4.34. The number of nitrogens with one attached hydrogen (secondary N) is 5. The summed E-state index contributed by atoms with van der Waals surface area (Å²) in [6, 6.07) is 1.93. The lowest BCUT2D eigenvalue weighted by molar-refractivity contribution is -0.143. The van der Waals surface area contributed by atoms with Crippen molar-refractivity contribution in [3.05, 3.63) is 54.2 Å². The Morgan fingerprint density at radius 3 is 2.02 bits per heavy atom. The maximum absolute atomic E-state index is 13.3. The summed E-state index contributed by atoms with van der Waals surface area (Å²) in [7, 11) is 0. The number of hydrogen-bond donors (Lipinski definition) is 9. The Labute approximate surface area is 244 Å². The average molecular weight is 600 g/mol. The van der Waals surface area contributed by atoms with E-state index in [4.69, 9.17) is 10.8 Å². The van der Waals surface area contributed by atoms with Gasteiger partial charge in [0.15, 0.2) is 0 Å². The summed E-state index contributed by atoms with van der Waals surface area (Å²) in [5, 5.41) is 35.5. The van der Waals surface area contributed by atoms with Crippen LogP contribution in [0.4, 0.5) is 0 Å². The fourth-order valence-corrected chi connectivity index (χ4v) is 4.34. The topological polar surface area (TPSA) is 270 Å². The second-order valence-corrected chi connectivity index (χ2v) is 9.84. The highest BCUT2D eigenvalue weighted by Gasteiger charge is 2.31. The third-order valence-corrected chi connectivity index (χ3v) is 6.60. The summed E-state index contributed by atoms with van der Waals surface area (Å²) in [5.41, 5.74) is 8.13. The first kappa shape index (κ1) is 32.3. The number of fused-ring (bicyclic) bond motifs is 1. The molecule has 0 aliphatic rings. The van der Waals surface area contributed by atoms with Gasteiger partial charge in [0.05, 0.1) is 12.4 Å². The largest absolute Gasteiger partial charge is 0.481 e. The number of carbonyl (C=O) groups excluding carboxylic acids is 3. The minimum absolute atomic E-state index is 0.112. The van der Waals surface area contributed by atoms with E-state index in [0.29, 0.717) is 5.69 Å². The Morgan fingerprint density at radius 2 is 1.40 bits per heavy atom. The Hall–Kier alpha value is -5.25. The SMILES string of the molecule is NC(Cc1c[nH]c2ccccc12)C(=O)NC(CCC(=O)O)C(=O)NC(Cc1cnc[nH]1)C(=O)NC(CCC(=O)O)C(=O)O. The van der Waals surface area contributed by atoms with E-state index in [2.05, 4.69) is 30.9 Å². The molecule has 0 saturated heterocycles. The molecule has 2 aromatic heterocycles. The molecule has 2 heterocycles. The van der Waals surface area contributed by atoms with Crippen LogP contribution in [0.25, 0.3) is 10.9 Å². The van der Waals surface area contributed by atoms with Crippen molar-refractivity contribution in [3.63, 3.8) is 0 Å². The number of carbonyl (C=O) groups is 6. The molecule has 230 valence electrons. The maximum atomic E-state index is 13.3. The van der Waals surface area contributed by atoms with E-state index in [9.17, 15) is 39.0 Å². The van der Waals surface area contributed by atoms with Crippen LogP contribution in [0.2, 0.25) is 0 Å². The predicted octanol–water partition coefficient (Wildman–Crippen LogP) is -0.728. The molecule has 0 saturated carbocycles. The van der Waals surface area contributed by atoms with Crippen LogP contribution in [0, 0.1) is 0 Å². The number of nitrogens with zero attached hydrogens (tertiary/aromatic N) is 1. The van der Waals surface area contributed by atoms with E-state index >= 15 is 0 Å². The molecule has 0 aliphatic carbocycles. The summed E-state index contributed by atoms with van der Waals surface area (Å²) in [5.74, 6) is -6.56. The van der Waals surface area contributed by atoms with Gasteiger partial charge < -0.3 is 47.0 Å². The quantitative estimate of drug-likeness (QED) is 0.0933. The van der Waals surface area contributed by atoms with Crippen molar-refractivity contribution in [2.45, 2.75) is 62.7 Å². The van der Waals surface area contributed by atoms with Crippen molar-refractivity contribution in [1.82, 2.24) is 30.9 Å². The summed E-state index contributed by atoms with van der Waals surface area (Å²) in [6.45, 7) is 0. The lowest BCUT2D eigenvalue weighted by Gasteiger charge is -2.25. The first-order chi connectivity index (χ1) is 20.4. The molecule has 16 heteroatoms. The zero-order chi connectivity index (χ0) is 31.5. The maximum Gasteiger partial charge on any atom is 0.326 e. The number of carboxylic acid groups (broad SMARTS) is 3. The van der Waals surface area contributed by atoms with Crippen LogP contribution in [0.3, 0.4) is 0 Å². The molecule has 16 nitrogen and oxygen atoms in total. The molecule has 1 aromatic carbocycles. The number of imidazole rings is 1. The summed E-state index contributed by atoms with van der Waals surface area (Å²) < 4.78 is 0. The molecule has 0 aliphatic heterocycles. The second-order valence-electron chi connectivity index (χ2n) is 9.84. The van der Waals surface area contributed by atoms with E-state index in [1.165, 1.54) is 12.5 Å². The Bertz CT molecular complexity index is 1450. The zero-order valence-corrected chi connectivity index (χ0v) is 22.9. The van der Waals surface area contributed by atoms with E-state index < -0.39 is 79.1 Å². The number of hydrogen-bond acceptors (Lipinski definition) is 8. The van der Waals surface area contributed by atoms with Gasteiger partial charge >= 0.3 is 17.9 Å². The first-order valence-electron chi connectivity index (χ1n) is 13.3. The number of rotatable bonds is 17. The van der Waals surface area contributed by atoms with Crippen molar-refractivity contribution in [1.29, 1.82) is 0 Å². The van der Waals surface area contributed by atoms with Gasteiger partial charge in [-0.05, 0) is 30.9 Å². The van der Waals surface area contributed by atoms with Crippen molar-refractivity contribution in [2.24, 2.45) is 5.73 Å². The minimum Gasteiger partial charge on any atom is -0.481 e. The van der Waals surface area contributed by atoms with Crippen LogP contribution in [-0.4, -0.2) is 90.1 Å². The van der Waals surface area contributed by atoms with Gasteiger partial charge in [-0.25, -0.2) is 9.78 Å². The molecular weight excluding hydrogens is 566 g/mol. The van der Waals surface area contributed by atoms with Gasteiger partial charge in [-0.15, -0.1) is 0 Å². The van der Waals surface area contributed by atoms with E-state index in [1.54, 1.807) is 6.20 Å². The number of aromatic nitrogens is 3. The molecule has 3 amide bonds. The number of nitrogens with two attached hydrogens (primary N) is 1. The van der Waals surface area contributed by atoms with Crippen molar-refractivity contribution in [2.75, 3.05) is 0 Å². The highest BCUT2D eigenvalue weighted by Crippen LogP contribution is 2.19. The number of aromatic amines is 2. The Balaban J connectivity index is 1.74. The number of para-hydroxylation sites is 1. The normalized spacial score (nSPS) is 13.8. The number of benzene rings is 1. The van der Waals surface area contributed by atoms with Gasteiger partial charge in [0, 0.05) is 48.3 Å². The molecule has 3 rings (SSSR count). The molecule has 3 aromatic rings. The summed E-state index contributed by atoms with van der Waals surface area (Å²) in [4.78, 5) is 82.9. The standard InChI is InChI=1S/C27H33N7O9/c28-17(9-14-11-30-18-4-2-1-3-16(14)18)24(39)32-19(5-7-22(35)36)25(40)34-21(10-15-12-29-13-31-15)26(41)33-20(27(42)43)6-8-23(37)38/h1-4,11-13,17,19-21,30H,5-10,28H2,(H,29,31)(H,32,39)(H,33,41)(H,34,40)(H,35,36)(H,37,38)(H,42,43). The molecular formula is C27H33N7O9. The highest BCUT2D eigenvalue weighted by atomic mass is 16.4. The molecule has 0 bridgehead atoms. The van der Waals surface area contributed by atoms with Crippen LogP contribution in [0.5, 0.6) is 0 Å². The van der Waals surface area contributed by atoms with Gasteiger partial charge in [0.2, 0.25) is 17.7 Å². The van der Waals surface area contributed by atoms with Gasteiger partial charge in [-0.2, -0.15) is 0 Å². The van der Waals surface area contributed by atoms with E-state index in [1.807, 2.05) is 24.3 Å². The first-order valence-corrected chi connectivity index (χ1v) is 13.3. The lowest BCUT2D eigenvalue weighted by atomic mass is 10.0. The van der Waals surface area contributed by atoms with Crippen molar-refractivity contribution >= 4 is 46.5 Å². The third kappa shape index (κ3) is 9.67. The smallest absolute Gasteiger partial charge is 0.326 e. The molecule has 4 atom stereocenters. The molecule has 0 spiro atoms. The molecule has 43 heavy (non-hydrogen) atoms. The predicted molar refractivity (Wildman–Crippen MR) is 149 cm³/mol. The van der Waals surface area contributed by atoms with Crippen LogP contribution in [0.15, 0.2) is 43.0 Å². The third-order valence-electron chi connectivity index (χ3n) is 6.60. The molecule has 4 unspecified atom stereocenters. The van der Waals surface area contributed by atoms with Crippen LogP contribution in [-0.2, 0) is 41.6 Å². The molecule has 0 radical (unpaired) electrons. The van der Waals surface area contributed by atoms with Gasteiger partial charge in [-0.3, -0.25) is 24.0 Å². The summed E-state index contributed by atoms with van der Waals surface area (Å²) in [6.07, 6.45) is 2.58. The number of aliphatic carboxylic acids is 3. The number of H-pyrrole nitrogens is 2. The van der Waals surface area contributed by atoms with E-state index in [0.717, 1.165) is 16.5 Å². The summed E-state index contributed by atoms with van der Waals surface area (Å²) >= 11 is 0. The van der Waals surface area contributed by atoms with Crippen LogP contribution in [0.1, 0.15) is 36.9 Å². The Morgan fingerprint density at radius 1 is 0.791 bits per heavy atom. The van der Waals surface area contributed by atoms with Crippen molar-refractivity contribution < 1.29 is 44.1 Å². The zero-order valence-electron chi connectivity index (χ0n) is 22.9. The fraction of sp³-hybridized carbons (Fsp3) is 0.370. The molecule has 0 fully saturated rings. The number of carboxylic acids is 3. The van der Waals surface area contributed by atoms with Gasteiger partial charge in [-0.1, -0.05) is 18.2 Å². The average Bonchev–Trinajstić information content (AvgIpc) is 3.62. The van der Waals surface area contributed by atoms with Gasteiger partial charge in [0.25, 0.3) is 0 Å². The lowest BCUT2D eigenvalue weighted by Crippen LogP contribution is -2.57. The van der Waals surface area contributed by atoms with Crippen LogP contribution >= 0.6 is 0 Å². The highest BCUT2D eigenvalue weighted by molar-refractivity contribution is 5.94. The second kappa shape index (κ2) is 15.1.